The third-order valence-corrected chi connectivity index (χ3v) is 7.04. The highest BCUT2D eigenvalue weighted by Gasteiger charge is 2.43. The molecule has 20 heavy (non-hydrogen) atoms. The predicted molar refractivity (Wildman–Crippen MR) is 74.5 cm³/mol. The van der Waals surface area contributed by atoms with Gasteiger partial charge in [0.25, 0.3) is 0 Å². The number of aliphatic hydroxyl groups excluding tert-OH is 1. The van der Waals surface area contributed by atoms with Crippen LogP contribution in [0.3, 0.4) is 0 Å². The summed E-state index contributed by atoms with van der Waals surface area (Å²) in [5, 5.41) is 9.85. The second-order valence-electron chi connectivity index (χ2n) is 4.73. The summed E-state index contributed by atoms with van der Waals surface area (Å²) in [7, 11) is -7.21. The number of rotatable bonds is 4. The molecule has 1 saturated heterocycles. The molecule has 0 aromatic heterocycles. The number of sulfonamides is 1. The maximum absolute atomic E-state index is 12.5. The van der Waals surface area contributed by atoms with Crippen molar-refractivity contribution in [3.05, 3.63) is 30.3 Å². The molecule has 0 spiro atoms. The van der Waals surface area contributed by atoms with Gasteiger partial charge < -0.3 is 5.11 Å². The summed E-state index contributed by atoms with van der Waals surface area (Å²) in [5.41, 5.74) is 0. The van der Waals surface area contributed by atoms with E-state index < -0.39 is 37.8 Å². The molecule has 1 aromatic rings. The van der Waals surface area contributed by atoms with Gasteiger partial charge in [-0.3, -0.25) is 0 Å². The first-order valence-electron chi connectivity index (χ1n) is 6.23. The molecule has 2 atom stereocenters. The van der Waals surface area contributed by atoms with E-state index in [9.17, 15) is 21.9 Å². The molecule has 0 unspecified atom stereocenters. The minimum absolute atomic E-state index is 0.0957. The quantitative estimate of drug-likeness (QED) is 0.833. The van der Waals surface area contributed by atoms with E-state index in [1.165, 1.54) is 12.1 Å². The van der Waals surface area contributed by atoms with Gasteiger partial charge in [0, 0.05) is 6.54 Å². The third kappa shape index (κ3) is 2.88. The van der Waals surface area contributed by atoms with Gasteiger partial charge in [-0.15, -0.1) is 0 Å². The highest BCUT2D eigenvalue weighted by atomic mass is 32.2. The average Bonchev–Trinajstić information content (AvgIpc) is 2.64. The average molecular weight is 319 g/mol. The topological polar surface area (TPSA) is 91.8 Å². The molecule has 6 nitrogen and oxygen atoms in total. The first-order chi connectivity index (χ1) is 9.28. The van der Waals surface area contributed by atoms with Gasteiger partial charge in [0.15, 0.2) is 9.84 Å². The second kappa shape index (κ2) is 5.44. The molecule has 0 amide bonds. The first kappa shape index (κ1) is 15.4. The summed E-state index contributed by atoms with van der Waals surface area (Å²) in [4.78, 5) is 0.0957. The number of nitrogens with zero attached hydrogens (tertiary/aromatic N) is 1. The molecule has 2 rings (SSSR count). The molecule has 1 aromatic carbocycles. The maximum Gasteiger partial charge on any atom is 0.243 e. The van der Waals surface area contributed by atoms with Gasteiger partial charge >= 0.3 is 0 Å². The predicted octanol–water partition coefficient (Wildman–Crippen LogP) is -0.145. The van der Waals surface area contributed by atoms with Crippen LogP contribution in [0.5, 0.6) is 0 Å². The maximum atomic E-state index is 12.5. The number of aliphatic hydroxyl groups is 1. The van der Waals surface area contributed by atoms with Gasteiger partial charge in [-0.2, -0.15) is 4.31 Å². The number of hydrogen-bond acceptors (Lipinski definition) is 5. The van der Waals surface area contributed by atoms with Gasteiger partial charge in [-0.25, -0.2) is 16.8 Å². The van der Waals surface area contributed by atoms with Crippen LogP contribution in [0.15, 0.2) is 35.2 Å². The molecule has 8 heteroatoms. The number of likely N-dealkylation sites (N-methyl/N-ethyl adjacent to an activating group) is 1. The van der Waals surface area contributed by atoms with Crippen molar-refractivity contribution in [1.29, 1.82) is 0 Å². The van der Waals surface area contributed by atoms with E-state index in [0.717, 1.165) is 4.31 Å². The Morgan fingerprint density at radius 1 is 1.25 bits per heavy atom. The lowest BCUT2D eigenvalue weighted by Crippen LogP contribution is -2.46. The van der Waals surface area contributed by atoms with Crippen LogP contribution in [0.4, 0.5) is 0 Å². The van der Waals surface area contributed by atoms with Gasteiger partial charge in [0.2, 0.25) is 10.0 Å². The summed E-state index contributed by atoms with van der Waals surface area (Å²) in [6.45, 7) is 1.73. The third-order valence-electron chi connectivity index (χ3n) is 3.32. The Hall–Kier alpha value is -0.960. The van der Waals surface area contributed by atoms with Crippen LogP contribution in [0.25, 0.3) is 0 Å². The fraction of sp³-hybridized carbons (Fsp3) is 0.500. The molecular formula is C12H17NO5S2. The standard InChI is InChI=1S/C12H17NO5S2/c1-2-13(11-8-19(15,16)9-12(11)14)20(17,18)10-6-4-3-5-7-10/h3-7,11-12,14H,2,8-9H2,1H3/t11-,12+/m0/s1. The summed E-state index contributed by atoms with van der Waals surface area (Å²) in [6.07, 6.45) is -1.18. The highest BCUT2D eigenvalue weighted by molar-refractivity contribution is 7.92. The lowest BCUT2D eigenvalue weighted by Gasteiger charge is -2.28. The minimum Gasteiger partial charge on any atom is -0.390 e. The van der Waals surface area contributed by atoms with Crippen molar-refractivity contribution >= 4 is 19.9 Å². The van der Waals surface area contributed by atoms with Crippen molar-refractivity contribution in [3.63, 3.8) is 0 Å². The van der Waals surface area contributed by atoms with E-state index in [-0.39, 0.29) is 17.2 Å². The zero-order valence-corrected chi connectivity index (χ0v) is 12.6. The van der Waals surface area contributed by atoms with Crippen LogP contribution in [-0.2, 0) is 19.9 Å². The van der Waals surface area contributed by atoms with E-state index in [1.807, 2.05) is 0 Å². The smallest absolute Gasteiger partial charge is 0.243 e. The van der Waals surface area contributed by atoms with E-state index in [2.05, 4.69) is 0 Å². The van der Waals surface area contributed by atoms with Crippen LogP contribution in [0.1, 0.15) is 6.92 Å². The molecule has 1 aliphatic rings. The van der Waals surface area contributed by atoms with Crippen molar-refractivity contribution in [2.45, 2.75) is 24.0 Å². The Bertz CT molecular complexity index is 669. The number of hydrogen-bond donors (Lipinski definition) is 1. The van der Waals surface area contributed by atoms with Gasteiger partial charge in [-0.05, 0) is 12.1 Å². The number of sulfone groups is 1. The molecule has 0 saturated carbocycles. The molecule has 1 aliphatic heterocycles. The SMILES string of the molecule is CCN([C@H]1CS(=O)(=O)C[C@H]1O)S(=O)(=O)c1ccccc1. The summed E-state index contributed by atoms with van der Waals surface area (Å²) < 4.78 is 49.2. The van der Waals surface area contributed by atoms with Gasteiger partial charge in [0.1, 0.15) is 0 Å². The molecular weight excluding hydrogens is 302 g/mol. The fourth-order valence-electron chi connectivity index (χ4n) is 2.40. The Labute approximate surface area is 119 Å². The molecule has 1 heterocycles. The largest absolute Gasteiger partial charge is 0.390 e. The van der Waals surface area contributed by atoms with Crippen LogP contribution >= 0.6 is 0 Å². The summed E-state index contributed by atoms with van der Waals surface area (Å²) >= 11 is 0. The van der Waals surface area contributed by atoms with Crippen molar-refractivity contribution in [3.8, 4) is 0 Å². The van der Waals surface area contributed by atoms with E-state index in [1.54, 1.807) is 25.1 Å². The fourth-order valence-corrected chi connectivity index (χ4v) is 5.97. The Morgan fingerprint density at radius 2 is 1.85 bits per heavy atom. The van der Waals surface area contributed by atoms with Crippen LogP contribution in [0, 0.1) is 0 Å². The Morgan fingerprint density at radius 3 is 2.30 bits per heavy atom. The second-order valence-corrected chi connectivity index (χ2v) is 8.78. The van der Waals surface area contributed by atoms with E-state index >= 15 is 0 Å². The first-order valence-corrected chi connectivity index (χ1v) is 9.49. The summed E-state index contributed by atoms with van der Waals surface area (Å²) in [5.74, 6) is -0.730. The van der Waals surface area contributed by atoms with Crippen molar-refractivity contribution in [2.75, 3.05) is 18.1 Å². The zero-order valence-electron chi connectivity index (χ0n) is 11.0. The van der Waals surface area contributed by atoms with Crippen molar-refractivity contribution in [1.82, 2.24) is 4.31 Å². The van der Waals surface area contributed by atoms with E-state index in [0.29, 0.717) is 0 Å². The summed E-state index contributed by atoms with van der Waals surface area (Å²) in [6, 6.07) is 6.88. The normalized spacial score (nSPS) is 25.9. The zero-order chi connectivity index (χ0) is 15.0. The molecule has 0 radical (unpaired) electrons. The van der Waals surface area contributed by atoms with E-state index in [4.69, 9.17) is 0 Å². The lowest BCUT2D eigenvalue weighted by atomic mass is 10.2. The minimum atomic E-state index is -3.81. The molecule has 112 valence electrons. The Balaban J connectivity index is 2.39. The van der Waals surface area contributed by atoms with Gasteiger partial charge in [-0.1, -0.05) is 25.1 Å². The molecule has 0 aliphatic carbocycles. The monoisotopic (exact) mass is 319 g/mol. The van der Waals surface area contributed by atoms with Crippen LogP contribution in [-0.4, -0.2) is 56.4 Å². The van der Waals surface area contributed by atoms with Crippen LogP contribution < -0.4 is 0 Å². The van der Waals surface area contributed by atoms with Crippen molar-refractivity contribution in [2.24, 2.45) is 0 Å². The van der Waals surface area contributed by atoms with Crippen molar-refractivity contribution < 1.29 is 21.9 Å². The van der Waals surface area contributed by atoms with Gasteiger partial charge in [0.05, 0.1) is 28.5 Å². The highest BCUT2D eigenvalue weighted by Crippen LogP contribution is 2.24. The van der Waals surface area contributed by atoms with Crippen LogP contribution in [0.2, 0.25) is 0 Å². The molecule has 1 fully saturated rings. The number of benzene rings is 1. The molecule has 0 bridgehead atoms. The molecule has 1 N–H and O–H groups in total. The lowest BCUT2D eigenvalue weighted by molar-refractivity contribution is 0.130. The Kier molecular flexibility index (Phi) is 4.19.